The molecule has 1 aromatic rings. The Balaban J connectivity index is 1.24. The van der Waals surface area contributed by atoms with Crippen molar-refractivity contribution < 1.29 is 14.3 Å². The number of benzene rings is 1. The predicted molar refractivity (Wildman–Crippen MR) is 116 cm³/mol. The lowest BCUT2D eigenvalue weighted by Gasteiger charge is -2.50. The van der Waals surface area contributed by atoms with E-state index < -0.39 is 5.54 Å². The van der Waals surface area contributed by atoms with Crippen LogP contribution in [0.5, 0.6) is 0 Å². The Morgan fingerprint density at radius 1 is 1.07 bits per heavy atom. The van der Waals surface area contributed by atoms with E-state index in [1.807, 2.05) is 4.90 Å². The number of amides is 2. The number of likely N-dealkylation sites (tertiary alicyclic amines) is 1. The average Bonchev–Trinajstić information content (AvgIpc) is 3.29. The summed E-state index contributed by atoms with van der Waals surface area (Å²) >= 11 is 0. The van der Waals surface area contributed by atoms with Gasteiger partial charge in [-0.1, -0.05) is 36.8 Å². The first-order valence-corrected chi connectivity index (χ1v) is 11.6. The molecule has 0 bridgehead atoms. The molecule has 1 atom stereocenters. The van der Waals surface area contributed by atoms with E-state index in [-0.39, 0.29) is 24.5 Å². The molecule has 3 saturated heterocycles. The molecule has 0 saturated carbocycles. The molecular weight excluding hydrogens is 378 g/mol. The molecule has 6 nitrogen and oxygen atoms in total. The van der Waals surface area contributed by atoms with Crippen LogP contribution in [-0.4, -0.2) is 72.6 Å². The Bertz CT molecular complexity index is 710. The summed E-state index contributed by atoms with van der Waals surface area (Å²) in [6.45, 7) is 4.28. The van der Waals surface area contributed by atoms with E-state index in [9.17, 15) is 9.59 Å². The van der Waals surface area contributed by atoms with Crippen molar-refractivity contribution >= 4 is 11.8 Å². The highest BCUT2D eigenvalue weighted by Gasteiger charge is 2.51. The third-order valence-electron chi connectivity index (χ3n) is 7.02. The lowest BCUT2D eigenvalue weighted by Crippen LogP contribution is -2.70. The number of piperidine rings is 1. The van der Waals surface area contributed by atoms with Gasteiger partial charge in [0.2, 0.25) is 11.8 Å². The molecule has 3 aliphatic heterocycles. The molecule has 1 spiro atoms. The first-order chi connectivity index (χ1) is 14.7. The van der Waals surface area contributed by atoms with Crippen LogP contribution in [0.3, 0.4) is 0 Å². The normalized spacial score (nSPS) is 24.4. The van der Waals surface area contributed by atoms with Crippen LogP contribution in [0, 0.1) is 0 Å². The van der Waals surface area contributed by atoms with Gasteiger partial charge in [-0.15, -0.1) is 0 Å². The standard InChI is InChI=1S/C24H35N3O3/c28-22-18-25-23(29)24(27(22)19-21-11-7-17-30-21)12-15-26(16-13-24)14-6-2-5-10-20-8-3-1-4-9-20/h1,3-4,8-9,21H,2,5-7,10-19H2,(H,25,29). The summed E-state index contributed by atoms with van der Waals surface area (Å²) in [7, 11) is 0. The minimum atomic E-state index is -0.676. The number of aryl methyl sites for hydroxylation is 1. The highest BCUT2D eigenvalue weighted by molar-refractivity contribution is 5.98. The predicted octanol–water partition coefficient (Wildman–Crippen LogP) is 2.37. The summed E-state index contributed by atoms with van der Waals surface area (Å²) in [4.78, 5) is 29.9. The Morgan fingerprint density at radius 3 is 2.60 bits per heavy atom. The van der Waals surface area contributed by atoms with Gasteiger partial charge in [-0.05, 0) is 57.1 Å². The molecule has 1 aromatic carbocycles. The van der Waals surface area contributed by atoms with Crippen molar-refractivity contribution in [1.29, 1.82) is 0 Å². The molecule has 2 amide bonds. The molecule has 6 heteroatoms. The van der Waals surface area contributed by atoms with Crippen LogP contribution in [0.25, 0.3) is 0 Å². The number of piperazine rings is 1. The molecular formula is C24H35N3O3. The van der Waals surface area contributed by atoms with E-state index in [0.717, 1.165) is 58.3 Å². The number of hydrogen-bond donors (Lipinski definition) is 1. The van der Waals surface area contributed by atoms with E-state index in [1.54, 1.807) is 0 Å². The van der Waals surface area contributed by atoms with Crippen LogP contribution >= 0.6 is 0 Å². The molecule has 1 N–H and O–H groups in total. The van der Waals surface area contributed by atoms with Crippen molar-refractivity contribution in [3.05, 3.63) is 35.9 Å². The van der Waals surface area contributed by atoms with E-state index >= 15 is 0 Å². The van der Waals surface area contributed by atoms with Crippen molar-refractivity contribution in [1.82, 2.24) is 15.1 Å². The van der Waals surface area contributed by atoms with Gasteiger partial charge in [0, 0.05) is 26.2 Å². The van der Waals surface area contributed by atoms with Crippen LogP contribution in [0.15, 0.2) is 30.3 Å². The number of nitrogens with one attached hydrogen (secondary N) is 1. The van der Waals surface area contributed by atoms with Gasteiger partial charge in [-0.25, -0.2) is 0 Å². The van der Waals surface area contributed by atoms with Gasteiger partial charge in [0.25, 0.3) is 0 Å². The number of carbonyl (C=O) groups is 2. The van der Waals surface area contributed by atoms with Gasteiger partial charge in [0.05, 0.1) is 12.6 Å². The average molecular weight is 414 g/mol. The van der Waals surface area contributed by atoms with E-state index in [2.05, 4.69) is 40.5 Å². The van der Waals surface area contributed by atoms with Gasteiger partial charge in [-0.3, -0.25) is 9.59 Å². The summed E-state index contributed by atoms with van der Waals surface area (Å²) in [5, 5.41) is 2.85. The zero-order valence-electron chi connectivity index (χ0n) is 18.0. The van der Waals surface area contributed by atoms with Gasteiger partial charge in [-0.2, -0.15) is 0 Å². The van der Waals surface area contributed by atoms with Crippen molar-refractivity contribution in [2.45, 2.75) is 63.0 Å². The number of carbonyl (C=O) groups excluding carboxylic acids is 2. The van der Waals surface area contributed by atoms with Crippen LogP contribution in [-0.2, 0) is 20.7 Å². The van der Waals surface area contributed by atoms with E-state index in [4.69, 9.17) is 4.74 Å². The first kappa shape index (κ1) is 21.3. The zero-order chi connectivity index (χ0) is 20.8. The molecule has 0 aromatic heterocycles. The van der Waals surface area contributed by atoms with Crippen LogP contribution in [0.4, 0.5) is 0 Å². The molecule has 1 unspecified atom stereocenters. The lowest BCUT2D eigenvalue weighted by atomic mass is 9.82. The number of rotatable bonds is 8. The van der Waals surface area contributed by atoms with Crippen molar-refractivity contribution in [3.63, 3.8) is 0 Å². The molecule has 4 rings (SSSR count). The monoisotopic (exact) mass is 413 g/mol. The van der Waals surface area contributed by atoms with Gasteiger partial charge < -0.3 is 19.9 Å². The molecule has 0 aliphatic carbocycles. The molecule has 0 radical (unpaired) electrons. The fourth-order valence-electron chi connectivity index (χ4n) is 5.18. The zero-order valence-corrected chi connectivity index (χ0v) is 18.0. The summed E-state index contributed by atoms with van der Waals surface area (Å²) in [5.74, 6) is 0.0714. The summed E-state index contributed by atoms with van der Waals surface area (Å²) < 4.78 is 5.77. The van der Waals surface area contributed by atoms with Gasteiger partial charge in [0.15, 0.2) is 0 Å². The SMILES string of the molecule is O=C1CNC(=O)C2(CCN(CCCCCc3ccccc3)CC2)N1CC1CCCO1. The van der Waals surface area contributed by atoms with Crippen molar-refractivity contribution in [3.8, 4) is 0 Å². The molecule has 3 fully saturated rings. The van der Waals surface area contributed by atoms with Crippen LogP contribution in [0.2, 0.25) is 0 Å². The Morgan fingerprint density at radius 2 is 1.87 bits per heavy atom. The fraction of sp³-hybridized carbons (Fsp3) is 0.667. The van der Waals surface area contributed by atoms with Crippen molar-refractivity contribution in [2.24, 2.45) is 0 Å². The van der Waals surface area contributed by atoms with Gasteiger partial charge in [0.1, 0.15) is 5.54 Å². The number of unbranched alkanes of at least 4 members (excludes halogenated alkanes) is 2. The summed E-state index contributed by atoms with van der Waals surface area (Å²) in [6.07, 6.45) is 8.33. The molecule has 3 heterocycles. The smallest absolute Gasteiger partial charge is 0.246 e. The number of hydrogen-bond acceptors (Lipinski definition) is 4. The summed E-state index contributed by atoms with van der Waals surface area (Å²) in [5.41, 5.74) is 0.738. The molecule has 3 aliphatic rings. The minimum absolute atomic E-state index is 0.0302. The van der Waals surface area contributed by atoms with Gasteiger partial charge >= 0.3 is 0 Å². The lowest BCUT2D eigenvalue weighted by molar-refractivity contribution is -0.159. The second kappa shape index (κ2) is 9.92. The maximum atomic E-state index is 12.9. The number of nitrogens with zero attached hydrogens (tertiary/aromatic N) is 2. The second-order valence-electron chi connectivity index (χ2n) is 8.99. The minimum Gasteiger partial charge on any atom is -0.376 e. The summed E-state index contributed by atoms with van der Waals surface area (Å²) in [6, 6.07) is 10.7. The van der Waals surface area contributed by atoms with E-state index in [0.29, 0.717) is 6.54 Å². The topological polar surface area (TPSA) is 61.9 Å². The second-order valence-corrected chi connectivity index (χ2v) is 8.99. The fourth-order valence-corrected chi connectivity index (χ4v) is 5.18. The third-order valence-corrected chi connectivity index (χ3v) is 7.02. The first-order valence-electron chi connectivity index (χ1n) is 11.6. The maximum absolute atomic E-state index is 12.9. The van der Waals surface area contributed by atoms with Crippen LogP contribution < -0.4 is 5.32 Å². The molecule has 164 valence electrons. The van der Waals surface area contributed by atoms with Crippen molar-refractivity contribution in [2.75, 3.05) is 39.3 Å². The highest BCUT2D eigenvalue weighted by Crippen LogP contribution is 2.33. The highest BCUT2D eigenvalue weighted by atomic mass is 16.5. The van der Waals surface area contributed by atoms with Crippen LogP contribution in [0.1, 0.15) is 50.5 Å². The Hall–Kier alpha value is -1.92. The Labute approximate surface area is 179 Å². The maximum Gasteiger partial charge on any atom is 0.246 e. The largest absolute Gasteiger partial charge is 0.376 e. The quantitative estimate of drug-likeness (QED) is 0.665. The third kappa shape index (κ3) is 4.86. The Kier molecular flexibility index (Phi) is 7.05. The molecule has 30 heavy (non-hydrogen) atoms. The van der Waals surface area contributed by atoms with E-state index in [1.165, 1.54) is 24.8 Å². The number of ether oxygens (including phenoxy) is 1.